The average Bonchev–Trinajstić information content (AvgIpc) is 2.37. The van der Waals surface area contributed by atoms with Gasteiger partial charge in [0, 0.05) is 18.2 Å². The van der Waals surface area contributed by atoms with Gasteiger partial charge in [0.1, 0.15) is 0 Å². The van der Waals surface area contributed by atoms with E-state index in [2.05, 4.69) is 5.32 Å². The number of fused-ring (bicyclic) bond motifs is 1. The lowest BCUT2D eigenvalue weighted by molar-refractivity contribution is -0.131. The summed E-state index contributed by atoms with van der Waals surface area (Å²) in [7, 11) is 0. The maximum atomic E-state index is 11.3. The third kappa shape index (κ3) is 3.31. The van der Waals surface area contributed by atoms with E-state index in [0.717, 1.165) is 34.9 Å². The molecule has 1 amide bonds. The summed E-state index contributed by atoms with van der Waals surface area (Å²) in [5, 5.41) is 11.4. The lowest BCUT2D eigenvalue weighted by atomic mass is 9.97. The first-order valence-corrected chi connectivity index (χ1v) is 6.07. The summed E-state index contributed by atoms with van der Waals surface area (Å²) < 4.78 is 0. The fourth-order valence-corrected chi connectivity index (χ4v) is 2.00. The number of benzene rings is 1. The van der Waals surface area contributed by atoms with E-state index in [-0.39, 0.29) is 5.91 Å². The summed E-state index contributed by atoms with van der Waals surface area (Å²) >= 11 is 0. The van der Waals surface area contributed by atoms with Gasteiger partial charge in [0.2, 0.25) is 5.91 Å². The molecule has 0 spiro atoms. The van der Waals surface area contributed by atoms with Gasteiger partial charge in [-0.3, -0.25) is 4.79 Å². The number of amides is 1. The molecule has 1 aromatic rings. The topological polar surface area (TPSA) is 66.4 Å². The van der Waals surface area contributed by atoms with Crippen LogP contribution in [0.15, 0.2) is 36.4 Å². The Morgan fingerprint density at radius 2 is 2.16 bits per heavy atom. The van der Waals surface area contributed by atoms with Crippen molar-refractivity contribution >= 4 is 23.1 Å². The maximum absolute atomic E-state index is 11.3. The predicted molar refractivity (Wildman–Crippen MR) is 73.8 cm³/mol. The van der Waals surface area contributed by atoms with E-state index in [1.807, 2.05) is 25.1 Å². The summed E-state index contributed by atoms with van der Waals surface area (Å²) in [5.74, 6) is -0.908. The fraction of sp³-hybridized carbons (Fsp3) is 0.200. The third-order valence-corrected chi connectivity index (χ3v) is 3.04. The van der Waals surface area contributed by atoms with Crippen LogP contribution in [0.3, 0.4) is 0 Å². The monoisotopic (exact) mass is 257 g/mol. The molecule has 1 aromatic carbocycles. The first-order chi connectivity index (χ1) is 9.06. The minimum atomic E-state index is -0.961. The van der Waals surface area contributed by atoms with E-state index in [0.29, 0.717) is 6.42 Å². The number of carbonyl (C=O) groups is 2. The zero-order valence-corrected chi connectivity index (χ0v) is 10.6. The lowest BCUT2D eigenvalue weighted by Crippen LogP contribution is -2.18. The van der Waals surface area contributed by atoms with Gasteiger partial charge in [0.25, 0.3) is 0 Å². The predicted octanol–water partition coefficient (Wildman–Crippen LogP) is 2.62. The van der Waals surface area contributed by atoms with E-state index < -0.39 is 5.97 Å². The number of hydrogen-bond donors (Lipinski definition) is 2. The van der Waals surface area contributed by atoms with E-state index in [9.17, 15) is 9.59 Å². The number of carboxylic acids is 1. The molecule has 1 aliphatic heterocycles. The summed E-state index contributed by atoms with van der Waals surface area (Å²) in [6.07, 6.45) is 5.63. The van der Waals surface area contributed by atoms with Crippen LogP contribution < -0.4 is 5.32 Å². The summed E-state index contributed by atoms with van der Waals surface area (Å²) in [6, 6.07) is 5.85. The fourth-order valence-electron chi connectivity index (χ4n) is 2.00. The summed E-state index contributed by atoms with van der Waals surface area (Å²) in [5.41, 5.74) is 4.00. The highest BCUT2D eigenvalue weighted by Crippen LogP contribution is 2.26. The molecule has 0 aromatic heterocycles. The number of anilines is 1. The quantitative estimate of drug-likeness (QED) is 0.646. The molecule has 0 radical (unpaired) electrons. The Kier molecular flexibility index (Phi) is 3.80. The number of carboxylic acid groups (broad SMARTS) is 1. The lowest BCUT2D eigenvalue weighted by Gasteiger charge is -2.17. The maximum Gasteiger partial charge on any atom is 0.328 e. The van der Waals surface area contributed by atoms with Gasteiger partial charge in [0.15, 0.2) is 0 Å². The molecule has 0 bridgehead atoms. The van der Waals surface area contributed by atoms with Crippen molar-refractivity contribution in [3.63, 3.8) is 0 Å². The Balaban J connectivity index is 2.22. The molecule has 1 aliphatic rings. The normalized spacial score (nSPS) is 15.2. The molecule has 1 heterocycles. The van der Waals surface area contributed by atoms with Gasteiger partial charge in [-0.1, -0.05) is 18.2 Å². The van der Waals surface area contributed by atoms with Crippen LogP contribution in [0.4, 0.5) is 5.69 Å². The first-order valence-electron chi connectivity index (χ1n) is 6.07. The van der Waals surface area contributed by atoms with Gasteiger partial charge < -0.3 is 10.4 Å². The van der Waals surface area contributed by atoms with E-state index in [1.54, 1.807) is 6.08 Å². The zero-order valence-electron chi connectivity index (χ0n) is 10.6. The number of rotatable bonds is 3. The number of aryl methyl sites for hydroxylation is 1. The number of hydrogen-bond acceptors (Lipinski definition) is 2. The van der Waals surface area contributed by atoms with E-state index in [1.165, 1.54) is 6.08 Å². The standard InChI is InChI=1S/C15H15NO3/c1-10(3-2-4-15(18)19)11-5-7-13-12(9-11)6-8-14(17)16-13/h2-5,7,9H,6,8H2,1H3,(H,16,17)(H,18,19)/b4-2+,10-3+. The molecule has 2 N–H and O–H groups in total. The largest absolute Gasteiger partial charge is 0.478 e. The Hall–Kier alpha value is -2.36. The van der Waals surface area contributed by atoms with Crippen LogP contribution in [0.5, 0.6) is 0 Å². The molecular weight excluding hydrogens is 242 g/mol. The highest BCUT2D eigenvalue weighted by molar-refractivity contribution is 5.94. The molecule has 0 saturated carbocycles. The van der Waals surface area contributed by atoms with Crippen LogP contribution in [0.1, 0.15) is 24.5 Å². The molecular formula is C15H15NO3. The van der Waals surface area contributed by atoms with Crippen molar-refractivity contribution in [3.05, 3.63) is 47.6 Å². The number of aliphatic carboxylic acids is 1. The molecule has 0 unspecified atom stereocenters. The van der Waals surface area contributed by atoms with Gasteiger partial charge in [-0.15, -0.1) is 0 Å². The van der Waals surface area contributed by atoms with Crippen molar-refractivity contribution in [1.82, 2.24) is 0 Å². The molecule has 98 valence electrons. The molecule has 0 atom stereocenters. The molecule has 0 saturated heterocycles. The number of allylic oxidation sites excluding steroid dienone is 3. The van der Waals surface area contributed by atoms with Gasteiger partial charge in [-0.2, -0.15) is 0 Å². The molecule has 0 aliphatic carbocycles. The van der Waals surface area contributed by atoms with Crippen LogP contribution in [0.25, 0.3) is 5.57 Å². The first kappa shape index (κ1) is 13.1. The van der Waals surface area contributed by atoms with Gasteiger partial charge >= 0.3 is 5.97 Å². The second kappa shape index (κ2) is 5.52. The van der Waals surface area contributed by atoms with Crippen LogP contribution in [-0.4, -0.2) is 17.0 Å². The zero-order chi connectivity index (χ0) is 13.8. The minimum absolute atomic E-state index is 0.0527. The average molecular weight is 257 g/mol. The SMILES string of the molecule is C/C(=C\C=C\C(=O)O)c1ccc2c(c1)CCC(=O)N2. The van der Waals surface area contributed by atoms with Gasteiger partial charge in [-0.25, -0.2) is 4.79 Å². The van der Waals surface area contributed by atoms with Crippen LogP contribution in [0, 0.1) is 0 Å². The van der Waals surface area contributed by atoms with Crippen molar-refractivity contribution in [3.8, 4) is 0 Å². The second-order valence-corrected chi connectivity index (χ2v) is 4.47. The third-order valence-electron chi connectivity index (χ3n) is 3.04. The van der Waals surface area contributed by atoms with Gasteiger partial charge in [0.05, 0.1) is 0 Å². The van der Waals surface area contributed by atoms with Crippen molar-refractivity contribution in [2.45, 2.75) is 19.8 Å². The molecule has 19 heavy (non-hydrogen) atoms. The van der Waals surface area contributed by atoms with Crippen LogP contribution in [-0.2, 0) is 16.0 Å². The molecule has 4 nitrogen and oxygen atoms in total. The van der Waals surface area contributed by atoms with Crippen LogP contribution >= 0.6 is 0 Å². The molecule has 2 rings (SSSR count). The summed E-state index contributed by atoms with van der Waals surface area (Å²) in [4.78, 5) is 21.6. The Labute approximate surface area is 111 Å². The van der Waals surface area contributed by atoms with Crippen molar-refractivity contribution in [2.75, 3.05) is 5.32 Å². The summed E-state index contributed by atoms with van der Waals surface area (Å²) in [6.45, 7) is 1.93. The highest BCUT2D eigenvalue weighted by Gasteiger charge is 2.14. The van der Waals surface area contributed by atoms with Crippen molar-refractivity contribution in [1.29, 1.82) is 0 Å². The van der Waals surface area contributed by atoms with Crippen molar-refractivity contribution in [2.24, 2.45) is 0 Å². The van der Waals surface area contributed by atoms with E-state index in [4.69, 9.17) is 5.11 Å². The Bertz CT molecular complexity index is 585. The smallest absolute Gasteiger partial charge is 0.328 e. The Morgan fingerprint density at radius 1 is 1.37 bits per heavy atom. The molecule has 0 fully saturated rings. The molecule has 4 heteroatoms. The number of carbonyl (C=O) groups excluding carboxylic acids is 1. The van der Waals surface area contributed by atoms with Crippen LogP contribution in [0.2, 0.25) is 0 Å². The van der Waals surface area contributed by atoms with Crippen molar-refractivity contribution < 1.29 is 14.7 Å². The minimum Gasteiger partial charge on any atom is -0.478 e. The highest BCUT2D eigenvalue weighted by atomic mass is 16.4. The number of nitrogens with one attached hydrogen (secondary N) is 1. The second-order valence-electron chi connectivity index (χ2n) is 4.47. The Morgan fingerprint density at radius 3 is 2.89 bits per heavy atom. The van der Waals surface area contributed by atoms with E-state index >= 15 is 0 Å². The van der Waals surface area contributed by atoms with Gasteiger partial charge in [-0.05, 0) is 42.2 Å².